The molecule has 1 heterocycles. The molecular weight excluding hydrogens is 222 g/mol. The Labute approximate surface area is 109 Å². The van der Waals surface area contributed by atoms with E-state index < -0.39 is 0 Å². The van der Waals surface area contributed by atoms with Gasteiger partial charge in [0.05, 0.1) is 0 Å². The zero-order chi connectivity index (χ0) is 13.3. The van der Waals surface area contributed by atoms with Gasteiger partial charge in [-0.1, -0.05) is 18.2 Å². The first-order valence-electron chi connectivity index (χ1n) is 6.46. The highest BCUT2D eigenvalue weighted by atomic mass is 14.9. The molecule has 0 aliphatic carbocycles. The highest BCUT2D eigenvalue weighted by Gasteiger charge is 2.23. The number of aromatic amines is 1. The Hall–Kier alpha value is -1.32. The maximum Gasteiger partial charge on any atom is 0.0459 e. The molecule has 0 aliphatic rings. The summed E-state index contributed by atoms with van der Waals surface area (Å²) >= 11 is 0. The second kappa shape index (κ2) is 4.75. The Balaban J connectivity index is 2.47. The number of benzene rings is 1. The zero-order valence-electron chi connectivity index (χ0n) is 11.7. The quantitative estimate of drug-likeness (QED) is 0.776. The van der Waals surface area contributed by atoms with Crippen molar-refractivity contribution in [3.05, 3.63) is 35.5 Å². The normalized spacial score (nSPS) is 14.1. The number of hydrogen-bond acceptors (Lipinski definition) is 2. The fourth-order valence-electron chi connectivity index (χ4n) is 2.62. The fraction of sp³-hybridized carbons (Fsp3) is 0.467. The minimum absolute atomic E-state index is 0.182. The van der Waals surface area contributed by atoms with E-state index in [1.165, 1.54) is 22.2 Å². The average molecular weight is 245 g/mol. The third-order valence-corrected chi connectivity index (χ3v) is 3.37. The first-order chi connectivity index (χ1) is 8.42. The molecule has 1 atom stereocenters. The first kappa shape index (κ1) is 13.1. The zero-order valence-corrected chi connectivity index (χ0v) is 11.7. The van der Waals surface area contributed by atoms with Crippen LogP contribution in [0.25, 0.3) is 10.9 Å². The topological polar surface area (TPSA) is 53.8 Å². The van der Waals surface area contributed by atoms with Crippen LogP contribution in [0.5, 0.6) is 0 Å². The molecule has 0 bridgehead atoms. The Morgan fingerprint density at radius 1 is 1.33 bits per heavy atom. The van der Waals surface area contributed by atoms with E-state index in [0.29, 0.717) is 0 Å². The lowest BCUT2D eigenvalue weighted by Crippen LogP contribution is -2.37. The van der Waals surface area contributed by atoms with Crippen molar-refractivity contribution in [2.45, 2.75) is 38.8 Å². The van der Waals surface area contributed by atoms with Crippen LogP contribution in [0.3, 0.4) is 0 Å². The van der Waals surface area contributed by atoms with Gasteiger partial charge in [-0.2, -0.15) is 0 Å². The van der Waals surface area contributed by atoms with Gasteiger partial charge in [0, 0.05) is 28.2 Å². The summed E-state index contributed by atoms with van der Waals surface area (Å²) in [6.45, 7) is 6.27. The maximum atomic E-state index is 6.16. The lowest BCUT2D eigenvalue weighted by molar-refractivity contribution is 0.396. The molecule has 0 fully saturated rings. The molecule has 2 rings (SSSR count). The molecule has 0 saturated carbocycles. The smallest absolute Gasteiger partial charge is 0.0459 e. The summed E-state index contributed by atoms with van der Waals surface area (Å²) in [5.41, 5.74) is 9.74. The van der Waals surface area contributed by atoms with Crippen molar-refractivity contribution in [3.63, 3.8) is 0 Å². The van der Waals surface area contributed by atoms with E-state index in [1.807, 2.05) is 7.05 Å². The molecule has 3 nitrogen and oxygen atoms in total. The van der Waals surface area contributed by atoms with Crippen molar-refractivity contribution in [2.24, 2.45) is 5.73 Å². The monoisotopic (exact) mass is 245 g/mol. The number of hydrogen-bond donors (Lipinski definition) is 3. The van der Waals surface area contributed by atoms with Crippen LogP contribution in [0, 0.1) is 6.92 Å². The molecule has 1 aromatic carbocycles. The Kier molecular flexibility index (Phi) is 3.46. The van der Waals surface area contributed by atoms with Gasteiger partial charge in [-0.15, -0.1) is 0 Å². The van der Waals surface area contributed by atoms with Gasteiger partial charge in [0.25, 0.3) is 0 Å². The number of aryl methyl sites for hydroxylation is 1. The van der Waals surface area contributed by atoms with E-state index in [1.54, 1.807) is 0 Å². The summed E-state index contributed by atoms with van der Waals surface area (Å²) in [6.07, 6.45) is 0.909. The van der Waals surface area contributed by atoms with E-state index in [4.69, 9.17) is 5.73 Å². The third kappa shape index (κ3) is 2.57. The summed E-state index contributed by atoms with van der Waals surface area (Å²) < 4.78 is 0. The van der Waals surface area contributed by atoms with Crippen LogP contribution in [-0.2, 0) is 0 Å². The second-order valence-electron chi connectivity index (χ2n) is 5.74. The van der Waals surface area contributed by atoms with Gasteiger partial charge in [-0.3, -0.25) is 0 Å². The lowest BCUT2D eigenvalue weighted by atomic mass is 9.90. The number of nitrogens with one attached hydrogen (secondary N) is 2. The summed E-state index contributed by atoms with van der Waals surface area (Å²) in [6, 6.07) is 8.71. The van der Waals surface area contributed by atoms with Gasteiger partial charge < -0.3 is 16.0 Å². The SMILES string of the molecule is CNC(CC(C)(C)N)c1c(C)[nH]c2ccccc12. The molecular formula is C15H23N3. The average Bonchev–Trinajstić information content (AvgIpc) is 2.61. The van der Waals surface area contributed by atoms with Gasteiger partial charge in [-0.25, -0.2) is 0 Å². The molecule has 98 valence electrons. The number of aromatic nitrogens is 1. The van der Waals surface area contributed by atoms with Crippen LogP contribution >= 0.6 is 0 Å². The van der Waals surface area contributed by atoms with Crippen LogP contribution in [0.2, 0.25) is 0 Å². The Morgan fingerprint density at radius 2 is 2.00 bits per heavy atom. The van der Waals surface area contributed by atoms with E-state index in [0.717, 1.165) is 6.42 Å². The fourth-order valence-corrected chi connectivity index (χ4v) is 2.62. The number of fused-ring (bicyclic) bond motifs is 1. The first-order valence-corrected chi connectivity index (χ1v) is 6.46. The lowest BCUT2D eigenvalue weighted by Gasteiger charge is -2.26. The standard InChI is InChI=1S/C15H23N3/c1-10-14(13(17-4)9-15(2,3)16)11-7-5-6-8-12(11)18-10/h5-8,13,17-18H,9,16H2,1-4H3. The van der Waals surface area contributed by atoms with Crippen molar-refractivity contribution < 1.29 is 0 Å². The van der Waals surface area contributed by atoms with Crippen molar-refractivity contribution in [1.82, 2.24) is 10.3 Å². The summed E-state index contributed by atoms with van der Waals surface area (Å²) in [5, 5.41) is 4.68. The number of para-hydroxylation sites is 1. The van der Waals surface area contributed by atoms with Crippen molar-refractivity contribution in [2.75, 3.05) is 7.05 Å². The van der Waals surface area contributed by atoms with Gasteiger partial charge in [0.2, 0.25) is 0 Å². The van der Waals surface area contributed by atoms with Crippen LogP contribution in [0.15, 0.2) is 24.3 Å². The van der Waals surface area contributed by atoms with E-state index >= 15 is 0 Å². The number of H-pyrrole nitrogens is 1. The number of nitrogens with two attached hydrogens (primary N) is 1. The molecule has 2 aromatic rings. The van der Waals surface area contributed by atoms with Crippen LogP contribution < -0.4 is 11.1 Å². The largest absolute Gasteiger partial charge is 0.358 e. The molecule has 3 heteroatoms. The second-order valence-corrected chi connectivity index (χ2v) is 5.74. The van der Waals surface area contributed by atoms with E-state index in [2.05, 4.69) is 55.3 Å². The summed E-state index contributed by atoms with van der Waals surface area (Å²) in [4.78, 5) is 3.45. The minimum Gasteiger partial charge on any atom is -0.358 e. The molecule has 0 amide bonds. The molecule has 0 radical (unpaired) electrons. The highest BCUT2D eigenvalue weighted by Crippen LogP contribution is 2.31. The highest BCUT2D eigenvalue weighted by molar-refractivity contribution is 5.85. The predicted molar refractivity (Wildman–Crippen MR) is 77.7 cm³/mol. The van der Waals surface area contributed by atoms with Crippen LogP contribution in [0.4, 0.5) is 0 Å². The van der Waals surface area contributed by atoms with E-state index in [9.17, 15) is 0 Å². The molecule has 0 saturated heterocycles. The van der Waals surface area contributed by atoms with Crippen LogP contribution in [0.1, 0.15) is 37.6 Å². The third-order valence-electron chi connectivity index (χ3n) is 3.37. The van der Waals surface area contributed by atoms with Gasteiger partial charge in [-0.05, 0) is 45.9 Å². The molecule has 1 aromatic heterocycles. The van der Waals surface area contributed by atoms with Crippen LogP contribution in [-0.4, -0.2) is 17.6 Å². The Bertz CT molecular complexity index is 534. The van der Waals surface area contributed by atoms with Gasteiger partial charge in [0.15, 0.2) is 0 Å². The van der Waals surface area contributed by atoms with E-state index in [-0.39, 0.29) is 11.6 Å². The summed E-state index contributed by atoms with van der Waals surface area (Å²) in [5.74, 6) is 0. The maximum absolute atomic E-state index is 6.16. The van der Waals surface area contributed by atoms with Crippen molar-refractivity contribution in [1.29, 1.82) is 0 Å². The van der Waals surface area contributed by atoms with Crippen molar-refractivity contribution >= 4 is 10.9 Å². The van der Waals surface area contributed by atoms with Gasteiger partial charge >= 0.3 is 0 Å². The molecule has 1 unspecified atom stereocenters. The molecule has 4 N–H and O–H groups in total. The summed E-state index contributed by atoms with van der Waals surface area (Å²) in [7, 11) is 2.00. The minimum atomic E-state index is -0.182. The molecule has 0 spiro atoms. The molecule has 18 heavy (non-hydrogen) atoms. The Morgan fingerprint density at radius 3 is 2.61 bits per heavy atom. The predicted octanol–water partition coefficient (Wildman–Crippen LogP) is 2.86. The van der Waals surface area contributed by atoms with Gasteiger partial charge in [0.1, 0.15) is 0 Å². The molecule has 0 aliphatic heterocycles. The number of rotatable bonds is 4. The van der Waals surface area contributed by atoms with Crippen molar-refractivity contribution in [3.8, 4) is 0 Å².